The standard InChI is InChI=1S/C13H22N4O3S/c1-6-20-10(3)17-9(2)11(7-14-17)13(18)15-12(8-21-5)16-19-4/h7,10H,6,8H2,1-5H3,(H,15,16,18). The molecule has 1 aromatic heterocycles. The number of nitrogens with zero attached hydrogens (tertiary/aromatic N) is 3. The lowest BCUT2D eigenvalue weighted by Crippen LogP contribution is -2.32. The zero-order chi connectivity index (χ0) is 15.8. The van der Waals surface area contributed by atoms with E-state index in [1.165, 1.54) is 13.3 Å². The second-order valence-corrected chi connectivity index (χ2v) is 5.12. The Morgan fingerprint density at radius 1 is 1.62 bits per heavy atom. The van der Waals surface area contributed by atoms with Crippen molar-refractivity contribution < 1.29 is 14.4 Å². The second-order valence-electron chi connectivity index (χ2n) is 4.25. The summed E-state index contributed by atoms with van der Waals surface area (Å²) in [6.45, 7) is 6.22. The lowest BCUT2D eigenvalue weighted by Gasteiger charge is -2.14. The van der Waals surface area contributed by atoms with E-state index in [2.05, 4.69) is 15.6 Å². The average Bonchev–Trinajstić information content (AvgIpc) is 2.81. The van der Waals surface area contributed by atoms with Crippen LogP contribution in [0.5, 0.6) is 0 Å². The minimum Gasteiger partial charge on any atom is -0.398 e. The third-order valence-corrected chi connectivity index (χ3v) is 3.34. The fourth-order valence-electron chi connectivity index (χ4n) is 1.86. The number of hydrogen-bond donors (Lipinski definition) is 1. The zero-order valence-corrected chi connectivity index (χ0v) is 13.9. The highest BCUT2D eigenvalue weighted by Crippen LogP contribution is 2.14. The van der Waals surface area contributed by atoms with Crippen molar-refractivity contribution in [3.8, 4) is 0 Å². The van der Waals surface area contributed by atoms with E-state index in [9.17, 15) is 4.79 Å². The predicted molar refractivity (Wildman–Crippen MR) is 83.6 cm³/mol. The van der Waals surface area contributed by atoms with Crippen molar-refractivity contribution in [3.63, 3.8) is 0 Å². The van der Waals surface area contributed by atoms with E-state index < -0.39 is 0 Å². The molecule has 7 nitrogen and oxygen atoms in total. The van der Waals surface area contributed by atoms with Crippen molar-refractivity contribution in [2.45, 2.75) is 27.0 Å². The summed E-state index contributed by atoms with van der Waals surface area (Å²) < 4.78 is 7.16. The van der Waals surface area contributed by atoms with E-state index >= 15 is 0 Å². The Bertz CT molecular complexity index is 502. The number of aromatic nitrogens is 2. The van der Waals surface area contributed by atoms with Gasteiger partial charge in [-0.05, 0) is 27.0 Å². The van der Waals surface area contributed by atoms with Crippen molar-refractivity contribution in [1.82, 2.24) is 15.1 Å². The van der Waals surface area contributed by atoms with E-state index in [0.717, 1.165) is 5.69 Å². The topological polar surface area (TPSA) is 77.7 Å². The molecular weight excluding hydrogens is 292 g/mol. The van der Waals surface area contributed by atoms with Crippen LogP contribution in [-0.4, -0.2) is 47.2 Å². The molecular formula is C13H22N4O3S. The summed E-state index contributed by atoms with van der Waals surface area (Å²) in [5.74, 6) is 0.773. The van der Waals surface area contributed by atoms with Crippen LogP contribution in [0.4, 0.5) is 0 Å². The SMILES string of the molecule is CCOC(C)n1ncc(C(=O)NC(CSC)=NOC)c1C. The summed E-state index contributed by atoms with van der Waals surface area (Å²) in [7, 11) is 1.44. The van der Waals surface area contributed by atoms with Crippen LogP contribution in [0.2, 0.25) is 0 Å². The highest BCUT2D eigenvalue weighted by molar-refractivity contribution is 7.99. The first kappa shape index (κ1) is 17.5. The van der Waals surface area contributed by atoms with Crippen molar-refractivity contribution in [2.24, 2.45) is 5.16 Å². The van der Waals surface area contributed by atoms with Crippen LogP contribution in [0.25, 0.3) is 0 Å². The Labute approximate surface area is 129 Å². The number of nitrogens with one attached hydrogen (secondary N) is 1. The zero-order valence-electron chi connectivity index (χ0n) is 13.0. The van der Waals surface area contributed by atoms with Gasteiger partial charge < -0.3 is 14.9 Å². The van der Waals surface area contributed by atoms with Crippen LogP contribution in [0, 0.1) is 6.92 Å². The molecule has 0 spiro atoms. The highest BCUT2D eigenvalue weighted by atomic mass is 32.2. The van der Waals surface area contributed by atoms with E-state index in [1.807, 2.05) is 27.0 Å². The van der Waals surface area contributed by atoms with Gasteiger partial charge in [-0.15, -0.1) is 0 Å². The molecule has 0 bridgehead atoms. The van der Waals surface area contributed by atoms with Crippen molar-refractivity contribution in [3.05, 3.63) is 17.5 Å². The lowest BCUT2D eigenvalue weighted by atomic mass is 10.2. The molecule has 0 aliphatic heterocycles. The molecule has 0 aliphatic rings. The number of amides is 1. The van der Waals surface area contributed by atoms with Gasteiger partial charge in [0.15, 0.2) is 5.84 Å². The van der Waals surface area contributed by atoms with Gasteiger partial charge in [0.1, 0.15) is 13.3 Å². The number of carbonyl (C=O) groups is 1. The quantitative estimate of drug-likeness (QED) is 0.472. The van der Waals surface area contributed by atoms with E-state index in [1.54, 1.807) is 16.4 Å². The molecule has 1 amide bonds. The molecule has 1 unspecified atom stereocenters. The van der Waals surface area contributed by atoms with Crippen molar-refractivity contribution in [2.75, 3.05) is 25.7 Å². The molecule has 0 aliphatic carbocycles. The van der Waals surface area contributed by atoms with Crippen LogP contribution in [0.15, 0.2) is 11.4 Å². The van der Waals surface area contributed by atoms with Gasteiger partial charge in [0.05, 0.1) is 23.2 Å². The molecule has 118 valence electrons. The molecule has 0 radical (unpaired) electrons. The molecule has 0 fully saturated rings. The summed E-state index contributed by atoms with van der Waals surface area (Å²) in [6, 6.07) is 0. The highest BCUT2D eigenvalue weighted by Gasteiger charge is 2.18. The Morgan fingerprint density at radius 2 is 2.33 bits per heavy atom. The first-order chi connectivity index (χ1) is 10.0. The smallest absolute Gasteiger partial charge is 0.260 e. The number of ether oxygens (including phenoxy) is 1. The van der Waals surface area contributed by atoms with Gasteiger partial charge in [0, 0.05) is 6.61 Å². The van der Waals surface area contributed by atoms with E-state index in [4.69, 9.17) is 9.57 Å². The van der Waals surface area contributed by atoms with Crippen LogP contribution in [0.3, 0.4) is 0 Å². The van der Waals surface area contributed by atoms with Gasteiger partial charge in [-0.3, -0.25) is 4.79 Å². The fraction of sp³-hybridized carbons (Fsp3) is 0.615. The van der Waals surface area contributed by atoms with Crippen LogP contribution >= 0.6 is 11.8 Å². The molecule has 8 heteroatoms. The Morgan fingerprint density at radius 3 is 2.90 bits per heavy atom. The molecule has 1 N–H and O–H groups in total. The van der Waals surface area contributed by atoms with E-state index in [0.29, 0.717) is 23.8 Å². The number of thioether (sulfide) groups is 1. The number of oxime groups is 1. The van der Waals surface area contributed by atoms with Crippen LogP contribution in [-0.2, 0) is 9.57 Å². The maximum Gasteiger partial charge on any atom is 0.260 e. The maximum atomic E-state index is 12.3. The van der Waals surface area contributed by atoms with Gasteiger partial charge in [-0.1, -0.05) is 5.16 Å². The molecule has 21 heavy (non-hydrogen) atoms. The number of rotatable bonds is 7. The molecule has 1 rings (SSSR count). The summed E-state index contributed by atoms with van der Waals surface area (Å²) in [4.78, 5) is 17.0. The van der Waals surface area contributed by atoms with Gasteiger partial charge in [0.2, 0.25) is 0 Å². The number of carbonyl (C=O) groups excluding carboxylic acids is 1. The minimum absolute atomic E-state index is 0.213. The lowest BCUT2D eigenvalue weighted by molar-refractivity contribution is 0.0145. The third kappa shape index (κ3) is 4.75. The average molecular weight is 314 g/mol. The monoisotopic (exact) mass is 314 g/mol. The number of amidine groups is 1. The molecule has 1 heterocycles. The van der Waals surface area contributed by atoms with Crippen LogP contribution < -0.4 is 5.32 Å². The summed E-state index contributed by atoms with van der Waals surface area (Å²) in [5.41, 5.74) is 1.24. The maximum absolute atomic E-state index is 12.3. The molecule has 0 saturated heterocycles. The molecule has 1 aromatic rings. The fourth-order valence-corrected chi connectivity index (χ4v) is 2.25. The minimum atomic E-state index is -0.257. The normalized spacial score (nSPS) is 13.1. The Kier molecular flexibility index (Phi) is 7.24. The summed E-state index contributed by atoms with van der Waals surface area (Å²) in [6.07, 6.45) is 3.24. The Balaban J connectivity index is 2.86. The van der Waals surface area contributed by atoms with Crippen molar-refractivity contribution >= 4 is 23.5 Å². The first-order valence-corrected chi connectivity index (χ1v) is 8.00. The molecule has 0 saturated carbocycles. The summed E-state index contributed by atoms with van der Waals surface area (Å²) >= 11 is 1.54. The van der Waals surface area contributed by atoms with Crippen LogP contribution in [0.1, 0.15) is 36.1 Å². The second kappa shape index (κ2) is 8.68. The van der Waals surface area contributed by atoms with Gasteiger partial charge in [-0.2, -0.15) is 16.9 Å². The largest absolute Gasteiger partial charge is 0.398 e. The number of hydrogen-bond acceptors (Lipinski definition) is 6. The predicted octanol–water partition coefficient (Wildman–Crippen LogP) is 1.80. The van der Waals surface area contributed by atoms with Gasteiger partial charge in [0.25, 0.3) is 5.91 Å². The third-order valence-electron chi connectivity index (χ3n) is 2.78. The van der Waals surface area contributed by atoms with Crippen molar-refractivity contribution in [1.29, 1.82) is 0 Å². The molecule has 1 atom stereocenters. The Hall–Kier alpha value is -1.54. The van der Waals surface area contributed by atoms with Gasteiger partial charge in [-0.25, -0.2) is 4.68 Å². The molecule has 0 aromatic carbocycles. The summed E-state index contributed by atoms with van der Waals surface area (Å²) in [5, 5.41) is 10.7. The van der Waals surface area contributed by atoms with E-state index in [-0.39, 0.29) is 12.1 Å². The first-order valence-electron chi connectivity index (χ1n) is 6.61. The van der Waals surface area contributed by atoms with Gasteiger partial charge >= 0.3 is 0 Å².